The number of carbonyl (C=O) groups is 2. The summed E-state index contributed by atoms with van der Waals surface area (Å²) in [4.78, 5) is 27.9. The number of sulfonamides is 1. The van der Waals surface area contributed by atoms with Crippen LogP contribution in [0.15, 0.2) is 46.9 Å². The maximum atomic E-state index is 13.6. The van der Waals surface area contributed by atoms with Crippen molar-refractivity contribution in [2.24, 2.45) is 5.92 Å². The van der Waals surface area contributed by atoms with Crippen LogP contribution < -0.4 is 19.1 Å². The molecule has 2 aromatic rings. The molecule has 36 heavy (non-hydrogen) atoms. The summed E-state index contributed by atoms with van der Waals surface area (Å²) in [7, 11) is -0.998. The Balaban J connectivity index is 2.43. The van der Waals surface area contributed by atoms with Crippen LogP contribution in [0.4, 0.5) is 5.69 Å². The van der Waals surface area contributed by atoms with E-state index in [1.54, 1.807) is 19.1 Å². The van der Waals surface area contributed by atoms with E-state index < -0.39 is 28.5 Å². The Morgan fingerprint density at radius 3 is 2.19 bits per heavy atom. The van der Waals surface area contributed by atoms with Crippen LogP contribution in [-0.2, 0) is 26.2 Å². The first kappa shape index (κ1) is 29.4. The molecule has 2 aromatic carbocycles. The van der Waals surface area contributed by atoms with Crippen LogP contribution in [0.25, 0.3) is 0 Å². The quantitative estimate of drug-likeness (QED) is 0.410. The molecule has 2 rings (SSSR count). The number of rotatable bonds is 12. The predicted molar refractivity (Wildman–Crippen MR) is 144 cm³/mol. The zero-order valence-electron chi connectivity index (χ0n) is 21.4. The summed E-state index contributed by atoms with van der Waals surface area (Å²) in [5.74, 6) is 0.0907. The summed E-state index contributed by atoms with van der Waals surface area (Å²) < 4.78 is 38.0. The molecule has 0 bridgehead atoms. The van der Waals surface area contributed by atoms with E-state index in [1.807, 2.05) is 38.1 Å². The number of methoxy groups -OCH3 is 2. The number of nitrogens with zero attached hydrogens (tertiary/aromatic N) is 2. The molecule has 9 nitrogen and oxygen atoms in total. The van der Waals surface area contributed by atoms with Crippen LogP contribution in [0.2, 0.25) is 0 Å². The number of ether oxygens (including phenoxy) is 2. The third-order valence-corrected chi connectivity index (χ3v) is 7.11. The van der Waals surface area contributed by atoms with Gasteiger partial charge in [-0.1, -0.05) is 41.9 Å². The van der Waals surface area contributed by atoms with E-state index >= 15 is 0 Å². The summed E-state index contributed by atoms with van der Waals surface area (Å²) in [5, 5.41) is 2.85. The van der Waals surface area contributed by atoms with Crippen molar-refractivity contribution in [3.05, 3.63) is 52.5 Å². The highest BCUT2D eigenvalue weighted by atomic mass is 79.9. The highest BCUT2D eigenvalue weighted by Crippen LogP contribution is 2.33. The first-order chi connectivity index (χ1) is 16.9. The van der Waals surface area contributed by atoms with Crippen LogP contribution in [-0.4, -0.2) is 64.7 Å². The first-order valence-electron chi connectivity index (χ1n) is 11.4. The maximum Gasteiger partial charge on any atom is 0.244 e. The van der Waals surface area contributed by atoms with Gasteiger partial charge in [0.05, 0.1) is 26.2 Å². The average molecular weight is 585 g/mol. The number of hydrogen-bond acceptors (Lipinski definition) is 6. The lowest BCUT2D eigenvalue weighted by molar-refractivity contribution is -0.139. The second-order valence-electron chi connectivity index (χ2n) is 8.77. The van der Waals surface area contributed by atoms with Gasteiger partial charge in [0.25, 0.3) is 0 Å². The van der Waals surface area contributed by atoms with E-state index in [0.717, 1.165) is 20.6 Å². The van der Waals surface area contributed by atoms with Gasteiger partial charge in [0.2, 0.25) is 21.8 Å². The molecular weight excluding hydrogens is 550 g/mol. The third kappa shape index (κ3) is 8.12. The van der Waals surface area contributed by atoms with Crippen molar-refractivity contribution in [1.82, 2.24) is 10.2 Å². The summed E-state index contributed by atoms with van der Waals surface area (Å²) in [6, 6.07) is 11.2. The van der Waals surface area contributed by atoms with Gasteiger partial charge in [0.15, 0.2) is 0 Å². The first-order valence-corrected chi connectivity index (χ1v) is 14.0. The largest absolute Gasteiger partial charge is 0.497 e. The van der Waals surface area contributed by atoms with Gasteiger partial charge in [0, 0.05) is 23.6 Å². The number of hydrogen-bond donors (Lipinski definition) is 1. The molecule has 0 unspecified atom stereocenters. The number of amides is 2. The fraction of sp³-hybridized carbons (Fsp3) is 0.440. The van der Waals surface area contributed by atoms with E-state index in [-0.39, 0.29) is 29.8 Å². The van der Waals surface area contributed by atoms with E-state index in [4.69, 9.17) is 9.47 Å². The van der Waals surface area contributed by atoms with E-state index in [9.17, 15) is 18.0 Å². The molecule has 0 heterocycles. The molecule has 1 atom stereocenters. The highest BCUT2D eigenvalue weighted by Gasteiger charge is 2.31. The van der Waals surface area contributed by atoms with Crippen molar-refractivity contribution in [3.8, 4) is 11.5 Å². The zero-order valence-corrected chi connectivity index (χ0v) is 23.9. The van der Waals surface area contributed by atoms with Crippen molar-refractivity contribution in [2.45, 2.75) is 33.4 Å². The molecule has 2 amide bonds. The predicted octanol–water partition coefficient (Wildman–Crippen LogP) is 3.42. The van der Waals surface area contributed by atoms with Gasteiger partial charge < -0.3 is 19.7 Å². The van der Waals surface area contributed by atoms with Crippen molar-refractivity contribution in [3.63, 3.8) is 0 Å². The minimum Gasteiger partial charge on any atom is -0.497 e. The second-order valence-corrected chi connectivity index (χ2v) is 11.6. The lowest BCUT2D eigenvalue weighted by Crippen LogP contribution is -2.51. The Bertz CT molecular complexity index is 1150. The van der Waals surface area contributed by atoms with Gasteiger partial charge in [-0.25, -0.2) is 8.42 Å². The summed E-state index contributed by atoms with van der Waals surface area (Å²) in [6.45, 7) is 5.65. The molecule has 11 heteroatoms. The molecule has 0 aromatic heterocycles. The van der Waals surface area contributed by atoms with Crippen LogP contribution in [0, 0.1) is 5.92 Å². The van der Waals surface area contributed by atoms with Crippen LogP contribution in [0.3, 0.4) is 0 Å². The minimum absolute atomic E-state index is 0.125. The van der Waals surface area contributed by atoms with Crippen LogP contribution in [0.5, 0.6) is 11.5 Å². The van der Waals surface area contributed by atoms with Gasteiger partial charge in [0.1, 0.15) is 24.1 Å². The standard InChI is InChI=1S/C25H34BrN3O6S/c1-17(2)14-27-25(31)18(3)28(15-19-7-9-20(26)10-8-19)24(30)16-29(36(6,32)33)22-12-11-21(34-4)13-23(22)35-5/h7-13,17-18H,14-16H2,1-6H3,(H,27,31)/t18-/m1/s1. The Hall–Kier alpha value is -2.79. The lowest BCUT2D eigenvalue weighted by atomic mass is 10.1. The van der Waals surface area contributed by atoms with Gasteiger partial charge in [-0.3, -0.25) is 13.9 Å². The van der Waals surface area contributed by atoms with Crippen molar-refractivity contribution in [1.29, 1.82) is 0 Å². The molecule has 0 saturated carbocycles. The number of benzene rings is 2. The molecule has 0 fully saturated rings. The molecular formula is C25H34BrN3O6S. The number of carbonyl (C=O) groups excluding carboxylic acids is 2. The Kier molecular flexibility index (Phi) is 10.6. The molecule has 0 spiro atoms. The molecule has 0 saturated heterocycles. The molecule has 1 N–H and O–H groups in total. The van der Waals surface area contributed by atoms with Gasteiger partial charge in [-0.05, 0) is 42.7 Å². The summed E-state index contributed by atoms with van der Waals surface area (Å²) in [6.07, 6.45) is 1.02. The van der Waals surface area contributed by atoms with E-state index in [0.29, 0.717) is 12.3 Å². The Morgan fingerprint density at radius 2 is 1.67 bits per heavy atom. The van der Waals surface area contributed by atoms with Crippen LogP contribution >= 0.6 is 15.9 Å². The topological polar surface area (TPSA) is 105 Å². The summed E-state index contributed by atoms with van der Waals surface area (Å²) in [5.41, 5.74) is 0.984. The Morgan fingerprint density at radius 1 is 1.03 bits per heavy atom. The minimum atomic E-state index is -3.89. The molecule has 0 aliphatic rings. The van der Waals surface area contributed by atoms with Gasteiger partial charge in [-0.15, -0.1) is 0 Å². The molecule has 0 aliphatic heterocycles. The number of halogens is 1. The summed E-state index contributed by atoms with van der Waals surface area (Å²) >= 11 is 3.39. The monoisotopic (exact) mass is 583 g/mol. The molecule has 198 valence electrons. The van der Waals surface area contributed by atoms with E-state index in [1.165, 1.54) is 25.2 Å². The maximum absolute atomic E-state index is 13.6. The zero-order chi connectivity index (χ0) is 27.0. The molecule has 0 radical (unpaired) electrons. The lowest BCUT2D eigenvalue weighted by Gasteiger charge is -2.32. The smallest absolute Gasteiger partial charge is 0.244 e. The number of nitrogens with one attached hydrogen (secondary N) is 1. The highest BCUT2D eigenvalue weighted by molar-refractivity contribution is 9.10. The van der Waals surface area contributed by atoms with Crippen molar-refractivity contribution in [2.75, 3.05) is 37.9 Å². The number of anilines is 1. The Labute approximate surface area is 221 Å². The average Bonchev–Trinajstić information content (AvgIpc) is 2.83. The fourth-order valence-corrected chi connectivity index (χ4v) is 4.52. The SMILES string of the molecule is COc1ccc(N(CC(=O)N(Cc2ccc(Br)cc2)[C@H](C)C(=O)NCC(C)C)S(C)(=O)=O)c(OC)c1. The van der Waals surface area contributed by atoms with E-state index in [2.05, 4.69) is 21.2 Å². The van der Waals surface area contributed by atoms with Gasteiger partial charge >= 0.3 is 0 Å². The van der Waals surface area contributed by atoms with Crippen LogP contribution in [0.1, 0.15) is 26.3 Å². The second kappa shape index (κ2) is 13.0. The van der Waals surface area contributed by atoms with Crippen molar-refractivity contribution < 1.29 is 27.5 Å². The van der Waals surface area contributed by atoms with Crippen molar-refractivity contribution >= 4 is 43.5 Å². The third-order valence-electron chi connectivity index (χ3n) is 5.45. The normalized spacial score (nSPS) is 12.1. The van der Waals surface area contributed by atoms with Gasteiger partial charge in [-0.2, -0.15) is 0 Å². The fourth-order valence-electron chi connectivity index (χ4n) is 3.41. The molecule has 0 aliphatic carbocycles.